The minimum absolute atomic E-state index is 0.286. The summed E-state index contributed by atoms with van der Waals surface area (Å²) in [4.78, 5) is 6.33. The maximum absolute atomic E-state index is 9.53. The molecule has 0 amide bonds. The maximum Gasteiger partial charge on any atom is 0.146 e. The van der Waals surface area contributed by atoms with E-state index in [4.69, 9.17) is 5.26 Å². The van der Waals surface area contributed by atoms with Gasteiger partial charge >= 0.3 is 0 Å². The number of nitrogens with zero attached hydrogens (tertiary/aromatic N) is 3. The third-order valence-corrected chi connectivity index (χ3v) is 3.11. The molecule has 2 heterocycles. The van der Waals surface area contributed by atoms with Gasteiger partial charge in [0, 0.05) is 25.2 Å². The minimum Gasteiger partial charge on any atom is -0.393 e. The fourth-order valence-corrected chi connectivity index (χ4v) is 2.11. The molecule has 1 aromatic rings. The highest BCUT2D eigenvalue weighted by molar-refractivity contribution is 5.54. The number of anilines is 1. The van der Waals surface area contributed by atoms with Gasteiger partial charge in [0.15, 0.2) is 0 Å². The zero-order chi connectivity index (χ0) is 11.5. The molecule has 0 spiro atoms. The highest BCUT2D eigenvalue weighted by Crippen LogP contribution is 2.26. The molecule has 2 atom stereocenters. The van der Waals surface area contributed by atoms with E-state index in [1.165, 1.54) is 0 Å². The van der Waals surface area contributed by atoms with Crippen molar-refractivity contribution in [3.05, 3.63) is 23.9 Å². The van der Waals surface area contributed by atoms with Crippen molar-refractivity contribution in [1.82, 2.24) is 4.98 Å². The molecule has 0 aromatic carbocycles. The Morgan fingerprint density at radius 2 is 2.50 bits per heavy atom. The van der Waals surface area contributed by atoms with Gasteiger partial charge in [-0.15, -0.1) is 0 Å². The predicted octanol–water partition coefficient (Wildman–Crippen LogP) is 1.16. The molecule has 0 bridgehead atoms. The van der Waals surface area contributed by atoms with E-state index >= 15 is 0 Å². The Labute approximate surface area is 95.1 Å². The lowest BCUT2D eigenvalue weighted by Gasteiger charge is -2.19. The summed E-state index contributed by atoms with van der Waals surface area (Å²) < 4.78 is 0. The number of nitriles is 1. The number of hydrogen-bond donors (Lipinski definition) is 1. The smallest absolute Gasteiger partial charge is 0.146 e. The molecule has 1 aromatic heterocycles. The second kappa shape index (κ2) is 4.50. The van der Waals surface area contributed by atoms with E-state index in [0.29, 0.717) is 5.56 Å². The van der Waals surface area contributed by atoms with Gasteiger partial charge in [-0.2, -0.15) is 5.26 Å². The Morgan fingerprint density at radius 3 is 3.12 bits per heavy atom. The second-order valence-corrected chi connectivity index (χ2v) is 4.22. The van der Waals surface area contributed by atoms with Crippen LogP contribution in [0.25, 0.3) is 0 Å². The second-order valence-electron chi connectivity index (χ2n) is 4.22. The average Bonchev–Trinajstić information content (AvgIpc) is 2.78. The van der Waals surface area contributed by atoms with Crippen molar-refractivity contribution in [2.75, 3.05) is 18.0 Å². The van der Waals surface area contributed by atoms with E-state index in [0.717, 1.165) is 25.3 Å². The van der Waals surface area contributed by atoms with E-state index in [1.54, 1.807) is 18.3 Å². The minimum atomic E-state index is -0.292. The van der Waals surface area contributed by atoms with Crippen LogP contribution in [0.4, 0.5) is 5.82 Å². The first kappa shape index (κ1) is 10.9. The first-order chi connectivity index (χ1) is 7.72. The molecule has 16 heavy (non-hydrogen) atoms. The van der Waals surface area contributed by atoms with Crippen molar-refractivity contribution in [3.63, 3.8) is 0 Å². The van der Waals surface area contributed by atoms with Gasteiger partial charge in [-0.3, -0.25) is 0 Å². The summed E-state index contributed by atoms with van der Waals surface area (Å²) in [6, 6.07) is 5.69. The van der Waals surface area contributed by atoms with Crippen LogP contribution in [0, 0.1) is 17.2 Å². The molecule has 4 nitrogen and oxygen atoms in total. The lowest BCUT2D eigenvalue weighted by atomic mass is 10.0. The van der Waals surface area contributed by atoms with Gasteiger partial charge in [0.1, 0.15) is 11.9 Å². The molecule has 2 rings (SSSR count). The van der Waals surface area contributed by atoms with Crippen LogP contribution < -0.4 is 4.90 Å². The Morgan fingerprint density at radius 1 is 1.69 bits per heavy atom. The van der Waals surface area contributed by atoms with Crippen LogP contribution in [0.1, 0.15) is 18.9 Å². The molecule has 4 heteroatoms. The molecule has 1 saturated heterocycles. The maximum atomic E-state index is 9.53. The summed E-state index contributed by atoms with van der Waals surface area (Å²) in [6.45, 7) is 3.46. The van der Waals surface area contributed by atoms with Gasteiger partial charge in [0.25, 0.3) is 0 Å². The monoisotopic (exact) mass is 217 g/mol. The molecule has 0 radical (unpaired) electrons. The third kappa shape index (κ3) is 2.00. The molecular formula is C12H15N3O. The van der Waals surface area contributed by atoms with E-state index in [1.807, 2.05) is 6.92 Å². The number of rotatable bonds is 2. The molecular weight excluding hydrogens is 202 g/mol. The molecule has 1 aliphatic heterocycles. The van der Waals surface area contributed by atoms with Crippen LogP contribution >= 0.6 is 0 Å². The largest absolute Gasteiger partial charge is 0.393 e. The van der Waals surface area contributed by atoms with Crippen molar-refractivity contribution in [1.29, 1.82) is 5.26 Å². The van der Waals surface area contributed by atoms with Crippen LogP contribution in [0.15, 0.2) is 18.3 Å². The van der Waals surface area contributed by atoms with Crippen molar-refractivity contribution in [2.24, 2.45) is 5.92 Å². The van der Waals surface area contributed by atoms with Gasteiger partial charge in [-0.25, -0.2) is 4.98 Å². The summed E-state index contributed by atoms with van der Waals surface area (Å²) in [5, 5.41) is 18.5. The number of hydrogen-bond acceptors (Lipinski definition) is 4. The van der Waals surface area contributed by atoms with Crippen LogP contribution in [0.3, 0.4) is 0 Å². The molecule has 2 unspecified atom stereocenters. The summed E-state index contributed by atoms with van der Waals surface area (Å²) in [5.74, 6) is 1.03. The molecule has 84 valence electrons. The summed E-state index contributed by atoms with van der Waals surface area (Å²) in [6.07, 6.45) is 2.37. The van der Waals surface area contributed by atoms with Crippen LogP contribution in [0.5, 0.6) is 0 Å². The van der Waals surface area contributed by atoms with E-state index in [9.17, 15) is 5.11 Å². The van der Waals surface area contributed by atoms with E-state index < -0.39 is 0 Å². The number of aliphatic hydroxyl groups excluding tert-OH is 1. The van der Waals surface area contributed by atoms with Gasteiger partial charge in [0.2, 0.25) is 0 Å². The Balaban J connectivity index is 2.18. The van der Waals surface area contributed by atoms with Crippen molar-refractivity contribution in [3.8, 4) is 6.07 Å². The molecule has 0 saturated carbocycles. The average molecular weight is 217 g/mol. The predicted molar refractivity (Wildman–Crippen MR) is 61.0 cm³/mol. The number of aromatic nitrogens is 1. The van der Waals surface area contributed by atoms with Gasteiger partial charge in [-0.05, 0) is 25.5 Å². The summed E-state index contributed by atoms with van der Waals surface area (Å²) in [5.41, 5.74) is 0.605. The Bertz CT molecular complexity index is 411. The standard InChI is InChI=1S/C12H15N3O/c1-9(16)11-4-6-15(8-11)12-10(7-13)3-2-5-14-12/h2-3,5,9,11,16H,4,6,8H2,1H3. The fraction of sp³-hybridized carbons (Fsp3) is 0.500. The van der Waals surface area contributed by atoms with Crippen LogP contribution in [0.2, 0.25) is 0 Å². The summed E-state index contributed by atoms with van der Waals surface area (Å²) in [7, 11) is 0. The van der Waals surface area contributed by atoms with Crippen molar-refractivity contribution >= 4 is 5.82 Å². The van der Waals surface area contributed by atoms with E-state index in [-0.39, 0.29) is 12.0 Å². The van der Waals surface area contributed by atoms with E-state index in [2.05, 4.69) is 16.0 Å². The fourth-order valence-electron chi connectivity index (χ4n) is 2.11. The van der Waals surface area contributed by atoms with Crippen LogP contribution in [-0.2, 0) is 0 Å². The highest BCUT2D eigenvalue weighted by Gasteiger charge is 2.27. The quantitative estimate of drug-likeness (QED) is 0.807. The molecule has 1 N–H and O–H groups in total. The topological polar surface area (TPSA) is 60.1 Å². The number of pyridine rings is 1. The summed E-state index contributed by atoms with van der Waals surface area (Å²) >= 11 is 0. The molecule has 1 fully saturated rings. The zero-order valence-corrected chi connectivity index (χ0v) is 9.30. The van der Waals surface area contributed by atoms with Crippen molar-refractivity contribution in [2.45, 2.75) is 19.4 Å². The number of aliphatic hydroxyl groups is 1. The van der Waals surface area contributed by atoms with Gasteiger partial charge in [0.05, 0.1) is 11.7 Å². The van der Waals surface area contributed by atoms with Gasteiger partial charge < -0.3 is 10.0 Å². The van der Waals surface area contributed by atoms with Crippen molar-refractivity contribution < 1.29 is 5.11 Å². The van der Waals surface area contributed by atoms with Gasteiger partial charge in [-0.1, -0.05) is 0 Å². The zero-order valence-electron chi connectivity index (χ0n) is 9.30. The highest BCUT2D eigenvalue weighted by atomic mass is 16.3. The lowest BCUT2D eigenvalue weighted by Crippen LogP contribution is -2.25. The molecule has 0 aliphatic carbocycles. The Hall–Kier alpha value is -1.60. The Kier molecular flexibility index (Phi) is 3.07. The molecule has 1 aliphatic rings. The first-order valence-electron chi connectivity index (χ1n) is 5.50. The SMILES string of the molecule is CC(O)C1CCN(c2ncccc2C#N)C1. The third-order valence-electron chi connectivity index (χ3n) is 3.11. The lowest BCUT2D eigenvalue weighted by molar-refractivity contribution is 0.136. The normalized spacial score (nSPS) is 21.8. The van der Waals surface area contributed by atoms with Crippen LogP contribution in [-0.4, -0.2) is 29.3 Å². The first-order valence-corrected chi connectivity index (χ1v) is 5.50.